The van der Waals surface area contributed by atoms with Crippen LogP contribution in [-0.2, 0) is 0 Å². The van der Waals surface area contributed by atoms with Gasteiger partial charge in [-0.25, -0.2) is 0 Å². The third-order valence-electron chi connectivity index (χ3n) is 4.65. The van der Waals surface area contributed by atoms with Crippen LogP contribution in [0.5, 0.6) is 0 Å². The van der Waals surface area contributed by atoms with Gasteiger partial charge in [0.05, 0.1) is 0 Å². The molecule has 0 aliphatic carbocycles. The van der Waals surface area contributed by atoms with Crippen molar-refractivity contribution in [2.24, 2.45) is 0 Å². The molecule has 24 heavy (non-hydrogen) atoms. The Labute approximate surface area is 148 Å². The van der Waals surface area contributed by atoms with Gasteiger partial charge in [-0.15, -0.1) is 0 Å². The quantitative estimate of drug-likeness (QED) is 0.441. The first kappa shape index (κ1) is 17.4. The summed E-state index contributed by atoms with van der Waals surface area (Å²) in [7, 11) is -0.345. The summed E-state index contributed by atoms with van der Waals surface area (Å²) >= 11 is 0. The highest BCUT2D eigenvalue weighted by Crippen LogP contribution is 2.69. The molecule has 1 aliphatic rings. The topological polar surface area (TPSA) is 3.24 Å². The highest BCUT2D eigenvalue weighted by molar-refractivity contribution is 7.56. The second kappa shape index (κ2) is 7.64. The van der Waals surface area contributed by atoms with E-state index in [1.54, 1.807) is 0 Å². The number of hydrogen-bond acceptors (Lipinski definition) is 1. The lowest BCUT2D eigenvalue weighted by Gasteiger charge is -2.42. The summed E-state index contributed by atoms with van der Waals surface area (Å²) in [6.07, 6.45) is 4.91. The van der Waals surface area contributed by atoms with Crippen molar-refractivity contribution in [2.45, 2.75) is 51.1 Å². The fourth-order valence-corrected chi connectivity index (χ4v) is 7.30. The Morgan fingerprint density at radius 3 is 1.38 bits per heavy atom. The van der Waals surface area contributed by atoms with Crippen LogP contribution in [0.4, 0.5) is 0 Å². The predicted octanol–water partition coefficient (Wildman–Crippen LogP) is 6.55. The molecule has 0 N–H and O–H groups in total. The van der Waals surface area contributed by atoms with Gasteiger partial charge in [0, 0.05) is 23.4 Å². The summed E-state index contributed by atoms with van der Waals surface area (Å²) < 4.78 is 2.75. The van der Waals surface area contributed by atoms with E-state index >= 15 is 0 Å². The molecule has 1 heterocycles. The monoisotopic (exact) mass is 337 g/mol. The number of allylic oxidation sites excluding steroid dienone is 2. The number of hydrogen-bond donors (Lipinski definition) is 0. The van der Waals surface area contributed by atoms with Crippen LogP contribution in [0, 0.1) is 0 Å². The molecule has 0 radical (unpaired) electrons. The van der Waals surface area contributed by atoms with Crippen molar-refractivity contribution in [3.63, 3.8) is 0 Å². The molecule has 1 nitrogen and oxygen atoms in total. The summed E-state index contributed by atoms with van der Waals surface area (Å²) in [5.74, 6) is 0. The van der Waals surface area contributed by atoms with Crippen molar-refractivity contribution in [2.75, 3.05) is 0 Å². The van der Waals surface area contributed by atoms with Gasteiger partial charge >= 0.3 is 0 Å². The molecule has 0 saturated carbocycles. The van der Waals surface area contributed by atoms with Gasteiger partial charge in [-0.2, -0.15) is 0 Å². The van der Waals surface area contributed by atoms with Crippen molar-refractivity contribution < 1.29 is 0 Å². The van der Waals surface area contributed by atoms with E-state index in [0.717, 1.165) is 0 Å². The maximum Gasteiger partial charge on any atom is 0.0363 e. The van der Waals surface area contributed by atoms with Crippen LogP contribution in [0.25, 0.3) is 0 Å². The first-order valence-corrected chi connectivity index (χ1v) is 10.4. The first-order chi connectivity index (χ1) is 11.6. The maximum absolute atomic E-state index is 2.75. The molecule has 0 spiro atoms. The molecule has 2 aromatic rings. The van der Waals surface area contributed by atoms with Crippen molar-refractivity contribution in [3.05, 3.63) is 83.9 Å². The standard InChI is InChI=1S/C22H28NP/c1-17(2)23(18(3)4)24-21(19-11-7-5-8-12-19)15-16-22(24)20-13-9-6-10-14-20/h5-18,21-22H,1-4H3. The smallest absolute Gasteiger partial charge is 0.0363 e. The van der Waals surface area contributed by atoms with Crippen molar-refractivity contribution in [1.29, 1.82) is 0 Å². The summed E-state index contributed by atoms with van der Waals surface area (Å²) in [5.41, 5.74) is 3.92. The lowest BCUT2D eigenvalue weighted by Crippen LogP contribution is -2.34. The molecule has 2 heteroatoms. The molecule has 0 fully saturated rings. The zero-order valence-corrected chi connectivity index (χ0v) is 16.0. The Bertz CT molecular complexity index is 605. The average molecular weight is 337 g/mol. The van der Waals surface area contributed by atoms with Gasteiger partial charge in [-0.1, -0.05) is 72.8 Å². The maximum atomic E-state index is 2.75. The minimum Gasteiger partial charge on any atom is -0.275 e. The van der Waals surface area contributed by atoms with Gasteiger partial charge < -0.3 is 0 Å². The molecule has 0 amide bonds. The van der Waals surface area contributed by atoms with E-state index in [4.69, 9.17) is 0 Å². The van der Waals surface area contributed by atoms with Gasteiger partial charge in [0.1, 0.15) is 0 Å². The molecule has 3 rings (SSSR count). The van der Waals surface area contributed by atoms with Crippen LogP contribution in [0.3, 0.4) is 0 Å². The Balaban J connectivity index is 2.03. The van der Waals surface area contributed by atoms with Crippen molar-refractivity contribution in [3.8, 4) is 0 Å². The molecular weight excluding hydrogens is 309 g/mol. The Morgan fingerprint density at radius 1 is 0.667 bits per heavy atom. The van der Waals surface area contributed by atoms with E-state index in [-0.39, 0.29) is 8.07 Å². The molecular formula is C22H28NP. The van der Waals surface area contributed by atoms with E-state index in [1.165, 1.54) is 11.1 Å². The summed E-state index contributed by atoms with van der Waals surface area (Å²) in [5, 5.41) is 0. The Morgan fingerprint density at radius 2 is 1.04 bits per heavy atom. The van der Waals surface area contributed by atoms with E-state index in [0.29, 0.717) is 23.4 Å². The molecule has 0 bridgehead atoms. The van der Waals surface area contributed by atoms with Crippen LogP contribution in [-0.4, -0.2) is 16.8 Å². The number of nitrogens with zero attached hydrogens (tertiary/aromatic N) is 1. The van der Waals surface area contributed by atoms with E-state index in [1.807, 2.05) is 0 Å². The van der Waals surface area contributed by atoms with Crippen LogP contribution in [0.15, 0.2) is 72.8 Å². The lowest BCUT2D eigenvalue weighted by molar-refractivity contribution is 0.319. The largest absolute Gasteiger partial charge is 0.275 e. The normalized spacial score (nSPS) is 23.5. The third kappa shape index (κ3) is 3.48. The molecule has 0 saturated heterocycles. The molecule has 2 aromatic carbocycles. The van der Waals surface area contributed by atoms with Gasteiger partial charge in [0.2, 0.25) is 0 Å². The lowest BCUT2D eigenvalue weighted by atomic mass is 10.1. The molecule has 1 aliphatic heterocycles. The average Bonchev–Trinajstić information content (AvgIpc) is 3.00. The summed E-state index contributed by atoms with van der Waals surface area (Å²) in [4.78, 5) is 0. The van der Waals surface area contributed by atoms with Gasteiger partial charge in [-0.05, 0) is 46.9 Å². The fourth-order valence-electron chi connectivity index (χ4n) is 3.80. The molecule has 2 atom stereocenters. The van der Waals surface area contributed by atoms with Crippen LogP contribution < -0.4 is 0 Å². The number of benzene rings is 2. The summed E-state index contributed by atoms with van der Waals surface area (Å²) in [6.45, 7) is 9.35. The SMILES string of the molecule is CC(C)N(C(C)C)P1C(c2ccccc2)C=CC1c1ccccc1. The van der Waals surface area contributed by atoms with Crippen LogP contribution >= 0.6 is 8.07 Å². The van der Waals surface area contributed by atoms with Crippen molar-refractivity contribution in [1.82, 2.24) is 4.67 Å². The highest BCUT2D eigenvalue weighted by Gasteiger charge is 2.39. The van der Waals surface area contributed by atoms with E-state index in [2.05, 4.69) is 105 Å². The minimum absolute atomic E-state index is 0.345. The van der Waals surface area contributed by atoms with E-state index < -0.39 is 0 Å². The second-order valence-corrected chi connectivity index (χ2v) is 9.38. The van der Waals surface area contributed by atoms with Gasteiger partial charge in [0.15, 0.2) is 0 Å². The van der Waals surface area contributed by atoms with Gasteiger partial charge in [-0.3, -0.25) is 4.67 Å². The van der Waals surface area contributed by atoms with Crippen LogP contribution in [0.1, 0.15) is 50.1 Å². The zero-order chi connectivity index (χ0) is 17.1. The van der Waals surface area contributed by atoms with E-state index in [9.17, 15) is 0 Å². The first-order valence-electron chi connectivity index (χ1n) is 8.94. The summed E-state index contributed by atoms with van der Waals surface area (Å²) in [6, 6.07) is 23.2. The molecule has 126 valence electrons. The van der Waals surface area contributed by atoms with Crippen molar-refractivity contribution >= 4 is 8.07 Å². The fraction of sp³-hybridized carbons (Fsp3) is 0.364. The number of rotatable bonds is 5. The molecule has 0 aromatic heterocycles. The predicted molar refractivity (Wildman–Crippen MR) is 107 cm³/mol. The van der Waals surface area contributed by atoms with Crippen LogP contribution in [0.2, 0.25) is 0 Å². The highest BCUT2D eigenvalue weighted by atomic mass is 31.1. The third-order valence-corrected chi connectivity index (χ3v) is 8.19. The Kier molecular flexibility index (Phi) is 5.54. The zero-order valence-electron chi connectivity index (χ0n) is 15.1. The molecule has 2 unspecified atom stereocenters. The second-order valence-electron chi connectivity index (χ2n) is 7.04. The Hall–Kier alpha value is -1.43. The minimum atomic E-state index is -0.345. The van der Waals surface area contributed by atoms with Gasteiger partial charge in [0.25, 0.3) is 0 Å².